The minimum Gasteiger partial charge on any atom is -0.378 e. The topological polar surface area (TPSA) is 15.3 Å². The fraction of sp³-hybridized carbons (Fsp3) is 0.294. The minimum atomic E-state index is 0.360. The summed E-state index contributed by atoms with van der Waals surface area (Å²) in [4.78, 5) is 2.02. The molecule has 1 N–H and O–H groups in total. The lowest BCUT2D eigenvalue weighted by molar-refractivity contribution is 0.762. The Morgan fingerprint density at radius 1 is 1.24 bits per heavy atom. The van der Waals surface area contributed by atoms with Gasteiger partial charge < -0.3 is 10.2 Å². The number of hydrogen-bond donors (Lipinski definition) is 1. The smallest absolute Gasteiger partial charge is 0.0659 e. The number of halogens is 2. The Kier molecular flexibility index (Phi) is 4.14. The molecule has 0 aromatic heterocycles. The van der Waals surface area contributed by atoms with Gasteiger partial charge >= 0.3 is 0 Å². The first-order chi connectivity index (χ1) is 10.1. The predicted octanol–water partition coefficient (Wildman–Crippen LogP) is 5.27. The van der Waals surface area contributed by atoms with Crippen LogP contribution < -0.4 is 10.2 Å². The number of nitrogens with one attached hydrogen (secondary N) is 1. The number of rotatable bonds is 3. The van der Waals surface area contributed by atoms with Crippen LogP contribution in [0, 0.1) is 0 Å². The Morgan fingerprint density at radius 2 is 2.05 bits per heavy atom. The van der Waals surface area contributed by atoms with Crippen LogP contribution in [0.3, 0.4) is 0 Å². The summed E-state index contributed by atoms with van der Waals surface area (Å²) < 4.78 is 1.21. The van der Waals surface area contributed by atoms with Crippen molar-refractivity contribution in [2.45, 2.75) is 18.9 Å². The summed E-state index contributed by atoms with van der Waals surface area (Å²) in [5.74, 6) is 0. The normalized spacial score (nSPS) is 16.7. The summed E-state index contributed by atoms with van der Waals surface area (Å²) in [6.45, 7) is 0. The van der Waals surface area contributed by atoms with Gasteiger partial charge in [0.1, 0.15) is 0 Å². The Hall–Kier alpha value is -1.19. The Bertz CT molecular complexity index is 670. The molecule has 0 aliphatic heterocycles. The molecule has 1 aliphatic carbocycles. The highest BCUT2D eigenvalue weighted by Gasteiger charge is 2.23. The zero-order chi connectivity index (χ0) is 15.0. The molecule has 1 atom stereocenters. The van der Waals surface area contributed by atoms with Crippen molar-refractivity contribution in [1.29, 1.82) is 0 Å². The van der Waals surface area contributed by atoms with E-state index in [1.807, 2.05) is 25.1 Å². The molecule has 21 heavy (non-hydrogen) atoms. The molecular formula is C17H18BrClN2. The molecule has 3 rings (SSSR count). The largest absolute Gasteiger partial charge is 0.378 e. The van der Waals surface area contributed by atoms with E-state index in [1.165, 1.54) is 15.6 Å². The molecule has 0 amide bonds. The number of benzene rings is 2. The second-order valence-electron chi connectivity index (χ2n) is 5.60. The van der Waals surface area contributed by atoms with E-state index < -0.39 is 0 Å². The summed E-state index contributed by atoms with van der Waals surface area (Å²) in [6.07, 6.45) is 2.23. The molecule has 0 radical (unpaired) electrons. The number of nitrogens with zero attached hydrogens (tertiary/aromatic N) is 1. The lowest BCUT2D eigenvalue weighted by Gasteiger charge is -2.19. The van der Waals surface area contributed by atoms with Gasteiger partial charge in [-0.1, -0.05) is 39.7 Å². The molecule has 110 valence electrons. The molecule has 1 unspecified atom stereocenters. The first kappa shape index (κ1) is 14.7. The average molecular weight is 366 g/mol. The third-order valence-electron chi connectivity index (χ3n) is 3.98. The highest BCUT2D eigenvalue weighted by atomic mass is 79.9. The molecule has 2 aromatic carbocycles. The van der Waals surface area contributed by atoms with E-state index in [1.54, 1.807) is 0 Å². The van der Waals surface area contributed by atoms with Gasteiger partial charge in [0.05, 0.1) is 16.8 Å². The van der Waals surface area contributed by atoms with Gasteiger partial charge in [0, 0.05) is 24.3 Å². The minimum absolute atomic E-state index is 0.360. The Balaban J connectivity index is 1.83. The van der Waals surface area contributed by atoms with Crippen molar-refractivity contribution in [3.8, 4) is 0 Å². The van der Waals surface area contributed by atoms with Crippen LogP contribution >= 0.6 is 27.5 Å². The van der Waals surface area contributed by atoms with Gasteiger partial charge in [0.2, 0.25) is 0 Å². The molecule has 0 bridgehead atoms. The average Bonchev–Trinajstić information content (AvgIpc) is 2.83. The summed E-state index contributed by atoms with van der Waals surface area (Å²) in [7, 11) is 4.00. The van der Waals surface area contributed by atoms with Gasteiger partial charge in [-0.25, -0.2) is 0 Å². The van der Waals surface area contributed by atoms with Crippen molar-refractivity contribution in [1.82, 2.24) is 0 Å². The first-order valence-electron chi connectivity index (χ1n) is 7.07. The van der Waals surface area contributed by atoms with Crippen LogP contribution in [0.15, 0.2) is 40.9 Å². The molecule has 0 heterocycles. The van der Waals surface area contributed by atoms with Crippen LogP contribution in [0.5, 0.6) is 0 Å². The highest BCUT2D eigenvalue weighted by molar-refractivity contribution is 9.10. The SMILES string of the molecule is CN(C)c1ccc(NC2CCc3c(Br)cccc32)cc1Cl. The zero-order valence-corrected chi connectivity index (χ0v) is 14.5. The summed E-state index contributed by atoms with van der Waals surface area (Å²) in [6, 6.07) is 12.9. The van der Waals surface area contributed by atoms with E-state index in [-0.39, 0.29) is 0 Å². The third kappa shape index (κ3) is 2.90. The molecule has 2 nitrogen and oxygen atoms in total. The van der Waals surface area contributed by atoms with E-state index in [0.29, 0.717) is 6.04 Å². The third-order valence-corrected chi connectivity index (χ3v) is 5.03. The van der Waals surface area contributed by atoms with Gasteiger partial charge in [-0.3, -0.25) is 0 Å². The van der Waals surface area contributed by atoms with Crippen molar-refractivity contribution < 1.29 is 0 Å². The molecule has 0 saturated carbocycles. The summed E-state index contributed by atoms with van der Waals surface area (Å²) in [5, 5.41) is 4.38. The second-order valence-corrected chi connectivity index (χ2v) is 6.87. The molecule has 4 heteroatoms. The molecular weight excluding hydrogens is 348 g/mol. The van der Waals surface area contributed by atoms with Crippen molar-refractivity contribution in [3.63, 3.8) is 0 Å². The van der Waals surface area contributed by atoms with Crippen molar-refractivity contribution in [3.05, 3.63) is 57.0 Å². The van der Waals surface area contributed by atoms with Crippen LogP contribution in [0.25, 0.3) is 0 Å². The summed E-state index contributed by atoms with van der Waals surface area (Å²) >= 11 is 9.99. The molecule has 1 aliphatic rings. The highest BCUT2D eigenvalue weighted by Crippen LogP contribution is 2.38. The molecule has 0 saturated heterocycles. The number of hydrogen-bond acceptors (Lipinski definition) is 2. The maximum Gasteiger partial charge on any atom is 0.0659 e. The maximum absolute atomic E-state index is 6.35. The van der Waals surface area contributed by atoms with Crippen molar-refractivity contribution >= 4 is 38.9 Å². The molecule has 0 fully saturated rings. The standard InChI is InChI=1S/C17H18BrClN2/c1-21(2)17-9-6-11(10-15(17)19)20-16-8-7-12-13(16)4-3-5-14(12)18/h3-6,9-10,16,20H,7-8H2,1-2H3. The maximum atomic E-state index is 6.35. The van der Waals surface area contributed by atoms with E-state index >= 15 is 0 Å². The van der Waals surface area contributed by atoms with Crippen LogP contribution in [0.1, 0.15) is 23.6 Å². The lowest BCUT2D eigenvalue weighted by atomic mass is 10.1. The van der Waals surface area contributed by atoms with Gasteiger partial charge in [-0.2, -0.15) is 0 Å². The Morgan fingerprint density at radius 3 is 2.76 bits per heavy atom. The fourth-order valence-electron chi connectivity index (χ4n) is 2.92. The Labute approximate surface area is 139 Å². The van der Waals surface area contributed by atoms with Gasteiger partial charge in [-0.15, -0.1) is 0 Å². The molecule has 0 spiro atoms. The second kappa shape index (κ2) is 5.90. The van der Waals surface area contributed by atoms with Crippen LogP contribution in [-0.4, -0.2) is 14.1 Å². The van der Waals surface area contributed by atoms with Gasteiger partial charge in [-0.05, 0) is 48.2 Å². The van der Waals surface area contributed by atoms with E-state index in [9.17, 15) is 0 Å². The van der Waals surface area contributed by atoms with Crippen LogP contribution in [0.2, 0.25) is 5.02 Å². The lowest BCUT2D eigenvalue weighted by Crippen LogP contribution is -2.10. The van der Waals surface area contributed by atoms with Gasteiger partial charge in [0.25, 0.3) is 0 Å². The monoisotopic (exact) mass is 364 g/mol. The van der Waals surface area contributed by atoms with Crippen molar-refractivity contribution in [2.24, 2.45) is 0 Å². The van der Waals surface area contributed by atoms with E-state index in [4.69, 9.17) is 11.6 Å². The van der Waals surface area contributed by atoms with E-state index in [2.05, 4.69) is 51.6 Å². The van der Waals surface area contributed by atoms with Crippen LogP contribution in [0.4, 0.5) is 11.4 Å². The summed E-state index contributed by atoms with van der Waals surface area (Å²) in [5.41, 5.74) is 4.92. The predicted molar refractivity (Wildman–Crippen MR) is 94.6 cm³/mol. The quantitative estimate of drug-likeness (QED) is 0.797. The van der Waals surface area contributed by atoms with Crippen molar-refractivity contribution in [2.75, 3.05) is 24.3 Å². The number of anilines is 2. The zero-order valence-electron chi connectivity index (χ0n) is 12.2. The first-order valence-corrected chi connectivity index (χ1v) is 8.24. The van der Waals surface area contributed by atoms with E-state index in [0.717, 1.165) is 29.2 Å². The fourth-order valence-corrected chi connectivity index (χ4v) is 3.85. The van der Waals surface area contributed by atoms with Crippen LogP contribution in [-0.2, 0) is 6.42 Å². The van der Waals surface area contributed by atoms with Gasteiger partial charge in [0.15, 0.2) is 0 Å². The molecule has 2 aromatic rings. The number of fused-ring (bicyclic) bond motifs is 1.